The zero-order valence-corrected chi connectivity index (χ0v) is 9.96. The lowest BCUT2D eigenvalue weighted by atomic mass is 10.00. The van der Waals surface area contributed by atoms with Gasteiger partial charge in [-0.05, 0) is 5.92 Å². The van der Waals surface area contributed by atoms with E-state index in [1.165, 1.54) is 5.75 Å². The van der Waals surface area contributed by atoms with E-state index in [1.54, 1.807) is 0 Å². The summed E-state index contributed by atoms with van der Waals surface area (Å²) < 4.78 is 0. The molecule has 76 valence electrons. The van der Waals surface area contributed by atoms with Gasteiger partial charge in [0.25, 0.3) is 0 Å². The van der Waals surface area contributed by atoms with Gasteiger partial charge in [0.05, 0.1) is 16.9 Å². The van der Waals surface area contributed by atoms with Crippen LogP contribution in [0.2, 0.25) is 0 Å². The van der Waals surface area contributed by atoms with Crippen LogP contribution in [0, 0.1) is 5.92 Å². The number of hydrogen-bond donors (Lipinski definition) is 1. The first-order valence-corrected chi connectivity index (χ1v) is 6.35. The molecule has 13 heavy (non-hydrogen) atoms. The van der Waals surface area contributed by atoms with Crippen molar-refractivity contribution in [2.45, 2.75) is 26.3 Å². The summed E-state index contributed by atoms with van der Waals surface area (Å²) in [7, 11) is 0. The first-order chi connectivity index (χ1) is 6.16. The Morgan fingerprint density at radius 1 is 1.69 bits per heavy atom. The van der Waals surface area contributed by atoms with Crippen LogP contribution in [-0.4, -0.2) is 34.1 Å². The summed E-state index contributed by atoms with van der Waals surface area (Å²) in [5, 5.41) is 0. The Kier molecular flexibility index (Phi) is 4.49. The van der Waals surface area contributed by atoms with Crippen molar-refractivity contribution < 1.29 is 0 Å². The van der Waals surface area contributed by atoms with Crippen LogP contribution < -0.4 is 5.73 Å². The Morgan fingerprint density at radius 2 is 2.38 bits per heavy atom. The summed E-state index contributed by atoms with van der Waals surface area (Å²) in [5.41, 5.74) is 6.06. The molecule has 1 heterocycles. The minimum atomic E-state index is 0.0682. The van der Waals surface area contributed by atoms with E-state index in [-0.39, 0.29) is 6.04 Å². The molecule has 0 radical (unpaired) electrons. The van der Waals surface area contributed by atoms with Crippen LogP contribution in [0.15, 0.2) is 0 Å². The molecule has 0 aliphatic carbocycles. The van der Waals surface area contributed by atoms with Gasteiger partial charge in [0.1, 0.15) is 0 Å². The van der Waals surface area contributed by atoms with Crippen LogP contribution in [0.3, 0.4) is 0 Å². The lowest BCUT2D eigenvalue weighted by Crippen LogP contribution is -2.44. The predicted octanol–water partition coefficient (Wildman–Crippen LogP) is 1.69. The number of nitrogens with two attached hydrogens (primary N) is 1. The minimum Gasteiger partial charge on any atom is -0.355 e. The van der Waals surface area contributed by atoms with Gasteiger partial charge in [-0.25, -0.2) is 0 Å². The summed E-state index contributed by atoms with van der Waals surface area (Å²) >= 11 is 7.30. The van der Waals surface area contributed by atoms with Gasteiger partial charge < -0.3 is 10.6 Å². The summed E-state index contributed by atoms with van der Waals surface area (Å²) in [6.45, 7) is 5.40. The largest absolute Gasteiger partial charge is 0.355 e. The van der Waals surface area contributed by atoms with Gasteiger partial charge in [0.2, 0.25) is 0 Å². The van der Waals surface area contributed by atoms with Gasteiger partial charge in [-0.3, -0.25) is 0 Å². The van der Waals surface area contributed by atoms with Crippen molar-refractivity contribution >= 4 is 29.0 Å². The molecule has 1 aliphatic rings. The fourth-order valence-electron chi connectivity index (χ4n) is 1.30. The fourth-order valence-corrected chi connectivity index (χ4v) is 2.73. The maximum absolute atomic E-state index is 6.06. The normalized spacial score (nSPS) is 21.6. The smallest absolute Gasteiger partial charge is 0.0959 e. The molecule has 0 aromatic rings. The van der Waals surface area contributed by atoms with Gasteiger partial charge in [-0.1, -0.05) is 32.5 Å². The highest BCUT2D eigenvalue weighted by Gasteiger charge is 2.23. The third-order valence-electron chi connectivity index (χ3n) is 2.61. The third kappa shape index (κ3) is 2.82. The van der Waals surface area contributed by atoms with Crippen LogP contribution in [0.1, 0.15) is 20.3 Å². The Bertz CT molecular complexity index is 178. The molecular weight excluding hydrogens is 200 g/mol. The SMILES string of the molecule is CC[C@@H](C)[C@H](N)C(=S)N1CCSC1. The van der Waals surface area contributed by atoms with Gasteiger partial charge in [0.15, 0.2) is 0 Å². The van der Waals surface area contributed by atoms with Gasteiger partial charge >= 0.3 is 0 Å². The quantitative estimate of drug-likeness (QED) is 0.730. The molecule has 0 aromatic carbocycles. The van der Waals surface area contributed by atoms with Crippen LogP contribution in [0.25, 0.3) is 0 Å². The van der Waals surface area contributed by atoms with Crippen molar-refractivity contribution in [2.24, 2.45) is 11.7 Å². The van der Waals surface area contributed by atoms with E-state index in [0.29, 0.717) is 5.92 Å². The van der Waals surface area contributed by atoms with E-state index < -0.39 is 0 Å². The van der Waals surface area contributed by atoms with Crippen molar-refractivity contribution in [3.8, 4) is 0 Å². The number of thiocarbonyl (C=S) groups is 1. The molecule has 2 nitrogen and oxygen atoms in total. The predicted molar refractivity (Wildman–Crippen MR) is 64.1 cm³/mol. The van der Waals surface area contributed by atoms with E-state index in [4.69, 9.17) is 18.0 Å². The van der Waals surface area contributed by atoms with Crippen molar-refractivity contribution in [1.29, 1.82) is 0 Å². The molecule has 2 atom stereocenters. The highest BCUT2D eigenvalue weighted by atomic mass is 32.2. The van der Waals surface area contributed by atoms with E-state index in [0.717, 1.165) is 23.8 Å². The minimum absolute atomic E-state index is 0.0682. The van der Waals surface area contributed by atoms with Crippen molar-refractivity contribution in [3.05, 3.63) is 0 Å². The molecule has 1 rings (SSSR count). The van der Waals surface area contributed by atoms with Gasteiger partial charge in [-0.15, -0.1) is 11.8 Å². The van der Waals surface area contributed by atoms with Crippen LogP contribution in [0.4, 0.5) is 0 Å². The van der Waals surface area contributed by atoms with Gasteiger partial charge in [0, 0.05) is 12.3 Å². The van der Waals surface area contributed by atoms with Crippen LogP contribution in [-0.2, 0) is 0 Å². The molecule has 0 amide bonds. The van der Waals surface area contributed by atoms with Crippen molar-refractivity contribution in [3.63, 3.8) is 0 Å². The second-order valence-electron chi connectivity index (χ2n) is 3.55. The molecular formula is C9H18N2S2. The Balaban J connectivity index is 2.45. The number of nitrogens with zero attached hydrogens (tertiary/aromatic N) is 1. The fraction of sp³-hybridized carbons (Fsp3) is 0.889. The standard InChI is InChI=1S/C9H18N2S2/c1-3-7(2)8(10)9(12)11-4-5-13-6-11/h7-8H,3-6,10H2,1-2H3/t7-,8+/m1/s1. The molecule has 1 aliphatic heterocycles. The third-order valence-corrected chi connectivity index (χ3v) is 4.10. The van der Waals surface area contributed by atoms with Crippen molar-refractivity contribution in [1.82, 2.24) is 4.90 Å². The molecule has 1 fully saturated rings. The number of rotatable bonds is 3. The van der Waals surface area contributed by atoms with Crippen molar-refractivity contribution in [2.75, 3.05) is 18.2 Å². The maximum Gasteiger partial charge on any atom is 0.0959 e. The molecule has 1 saturated heterocycles. The molecule has 0 bridgehead atoms. The van der Waals surface area contributed by atoms with E-state index in [1.807, 2.05) is 11.8 Å². The average molecular weight is 218 g/mol. The van der Waals surface area contributed by atoms with Crippen LogP contribution in [0.5, 0.6) is 0 Å². The Hall–Kier alpha value is 0.200. The van der Waals surface area contributed by atoms with E-state index in [2.05, 4.69) is 18.7 Å². The summed E-state index contributed by atoms with van der Waals surface area (Å²) in [4.78, 5) is 3.19. The highest BCUT2D eigenvalue weighted by molar-refractivity contribution is 7.99. The molecule has 0 spiro atoms. The first-order valence-electron chi connectivity index (χ1n) is 4.79. The average Bonchev–Trinajstić information content (AvgIpc) is 2.67. The summed E-state index contributed by atoms with van der Waals surface area (Å²) in [5.74, 6) is 2.72. The summed E-state index contributed by atoms with van der Waals surface area (Å²) in [6, 6.07) is 0.0682. The van der Waals surface area contributed by atoms with Gasteiger partial charge in [-0.2, -0.15) is 0 Å². The number of thioether (sulfide) groups is 1. The zero-order chi connectivity index (χ0) is 9.84. The lowest BCUT2D eigenvalue weighted by Gasteiger charge is -2.26. The second-order valence-corrected chi connectivity index (χ2v) is 5.04. The highest BCUT2D eigenvalue weighted by Crippen LogP contribution is 2.17. The maximum atomic E-state index is 6.06. The van der Waals surface area contributed by atoms with E-state index >= 15 is 0 Å². The molecule has 4 heteroatoms. The van der Waals surface area contributed by atoms with Crippen LogP contribution >= 0.6 is 24.0 Å². The summed E-state index contributed by atoms with van der Waals surface area (Å²) in [6.07, 6.45) is 1.10. The first kappa shape index (κ1) is 11.3. The number of hydrogen-bond acceptors (Lipinski definition) is 3. The second kappa shape index (κ2) is 5.17. The molecule has 0 unspecified atom stereocenters. The lowest BCUT2D eigenvalue weighted by molar-refractivity contribution is 0.463. The monoisotopic (exact) mass is 218 g/mol. The molecule has 0 aromatic heterocycles. The topological polar surface area (TPSA) is 29.3 Å². The van der Waals surface area contributed by atoms with E-state index in [9.17, 15) is 0 Å². The zero-order valence-electron chi connectivity index (χ0n) is 8.32. The Labute approximate surface area is 90.2 Å². The Morgan fingerprint density at radius 3 is 2.85 bits per heavy atom. The molecule has 2 N–H and O–H groups in total. The molecule has 0 saturated carbocycles.